The van der Waals surface area contributed by atoms with Gasteiger partial charge in [0, 0.05) is 6.42 Å². The van der Waals surface area contributed by atoms with Gasteiger partial charge in [0.2, 0.25) is 0 Å². The zero-order chi connectivity index (χ0) is 14.0. The summed E-state index contributed by atoms with van der Waals surface area (Å²) in [6.45, 7) is -0.567. The van der Waals surface area contributed by atoms with E-state index in [4.69, 9.17) is 9.84 Å². The molecule has 0 spiro atoms. The average molecular weight is 270 g/mol. The van der Waals surface area contributed by atoms with Gasteiger partial charge in [0.1, 0.15) is 23.9 Å². The highest BCUT2D eigenvalue weighted by atomic mass is 16.6. The summed E-state index contributed by atoms with van der Waals surface area (Å²) in [5.74, 6) is 0. The molecule has 1 fully saturated rings. The Labute approximate surface area is 110 Å². The molecule has 0 aliphatic carbocycles. The van der Waals surface area contributed by atoms with Crippen LogP contribution in [0.5, 0.6) is 0 Å². The van der Waals surface area contributed by atoms with Gasteiger partial charge >= 0.3 is 0 Å². The largest absolute Gasteiger partial charge is 0.394 e. The van der Waals surface area contributed by atoms with Gasteiger partial charge < -0.3 is 30.3 Å². The highest BCUT2D eigenvalue weighted by Gasteiger charge is 2.54. The van der Waals surface area contributed by atoms with E-state index in [0.717, 1.165) is 0 Å². The molecular formula is C13H18O6. The highest BCUT2D eigenvalue weighted by Crippen LogP contribution is 2.32. The first-order valence-corrected chi connectivity index (χ1v) is 6.06. The van der Waals surface area contributed by atoms with Gasteiger partial charge in [-0.2, -0.15) is 0 Å². The van der Waals surface area contributed by atoms with Crippen LogP contribution in [0.2, 0.25) is 0 Å². The van der Waals surface area contributed by atoms with E-state index in [9.17, 15) is 20.4 Å². The van der Waals surface area contributed by atoms with Crippen LogP contribution < -0.4 is 0 Å². The maximum atomic E-state index is 10.5. The van der Waals surface area contributed by atoms with E-state index in [1.807, 2.05) is 0 Å². The summed E-state index contributed by atoms with van der Waals surface area (Å²) in [4.78, 5) is 0. The fourth-order valence-corrected chi connectivity index (χ4v) is 2.35. The molecule has 1 aliphatic rings. The Bertz CT molecular complexity index is 411. The minimum atomic E-state index is -1.98. The summed E-state index contributed by atoms with van der Waals surface area (Å²) < 4.78 is 4.84. The lowest BCUT2D eigenvalue weighted by Crippen LogP contribution is -2.68. The zero-order valence-corrected chi connectivity index (χ0v) is 10.3. The first-order chi connectivity index (χ1) is 8.99. The van der Waals surface area contributed by atoms with Crippen LogP contribution in [-0.4, -0.2) is 62.3 Å². The molecule has 1 aromatic carbocycles. The van der Waals surface area contributed by atoms with Crippen LogP contribution in [0.3, 0.4) is 0 Å². The third-order valence-corrected chi connectivity index (χ3v) is 3.47. The Morgan fingerprint density at radius 3 is 2.26 bits per heavy atom. The van der Waals surface area contributed by atoms with E-state index >= 15 is 0 Å². The summed E-state index contributed by atoms with van der Waals surface area (Å²) in [7, 11) is 0. The van der Waals surface area contributed by atoms with Crippen molar-refractivity contribution in [2.24, 2.45) is 0 Å². The van der Waals surface area contributed by atoms with E-state index in [1.165, 1.54) is 0 Å². The van der Waals surface area contributed by atoms with Gasteiger partial charge in [-0.25, -0.2) is 0 Å². The Morgan fingerprint density at radius 2 is 1.68 bits per heavy atom. The Hall–Kier alpha value is -1.02. The third-order valence-electron chi connectivity index (χ3n) is 3.47. The van der Waals surface area contributed by atoms with Crippen molar-refractivity contribution in [1.29, 1.82) is 0 Å². The molecule has 0 bridgehead atoms. The Morgan fingerprint density at radius 1 is 1.05 bits per heavy atom. The van der Waals surface area contributed by atoms with Crippen molar-refractivity contribution in [3.05, 3.63) is 35.9 Å². The number of aliphatic hydroxyl groups is 5. The van der Waals surface area contributed by atoms with Gasteiger partial charge in [0.05, 0.1) is 6.61 Å². The number of hydrogen-bond donors (Lipinski definition) is 5. The Balaban J connectivity index is 2.26. The molecule has 1 unspecified atom stereocenters. The second-order valence-electron chi connectivity index (χ2n) is 4.79. The van der Waals surface area contributed by atoms with Crippen LogP contribution in [0, 0.1) is 0 Å². The van der Waals surface area contributed by atoms with Crippen LogP contribution in [0.15, 0.2) is 30.3 Å². The molecule has 1 aromatic rings. The zero-order valence-electron chi connectivity index (χ0n) is 10.3. The number of benzene rings is 1. The normalized spacial score (nSPS) is 39.2. The van der Waals surface area contributed by atoms with Crippen LogP contribution in [-0.2, 0) is 11.2 Å². The number of rotatable bonds is 3. The molecule has 1 saturated heterocycles. The fourth-order valence-electron chi connectivity index (χ4n) is 2.35. The lowest BCUT2D eigenvalue weighted by Gasteiger charge is -2.46. The van der Waals surface area contributed by atoms with Crippen molar-refractivity contribution in [2.45, 2.75) is 36.6 Å². The first kappa shape index (κ1) is 14.4. The van der Waals surface area contributed by atoms with Gasteiger partial charge in [-0.1, -0.05) is 30.3 Å². The van der Waals surface area contributed by atoms with E-state index < -0.39 is 36.8 Å². The molecule has 19 heavy (non-hydrogen) atoms. The van der Waals surface area contributed by atoms with E-state index in [0.29, 0.717) is 5.56 Å². The monoisotopic (exact) mass is 270 g/mol. The van der Waals surface area contributed by atoms with Crippen LogP contribution in [0.25, 0.3) is 0 Å². The lowest BCUT2D eigenvalue weighted by molar-refractivity contribution is -0.321. The van der Waals surface area contributed by atoms with Crippen LogP contribution in [0.4, 0.5) is 0 Å². The number of aliphatic hydroxyl groups excluding tert-OH is 4. The van der Waals surface area contributed by atoms with Gasteiger partial charge in [-0.3, -0.25) is 0 Å². The molecule has 6 heteroatoms. The van der Waals surface area contributed by atoms with Crippen LogP contribution >= 0.6 is 0 Å². The average Bonchev–Trinajstić information content (AvgIpc) is 2.42. The summed E-state index contributed by atoms with van der Waals surface area (Å²) in [5.41, 5.74) is -1.29. The van der Waals surface area contributed by atoms with Crippen molar-refractivity contribution in [2.75, 3.05) is 6.61 Å². The molecule has 0 radical (unpaired) electrons. The van der Waals surface area contributed by atoms with Gasteiger partial charge in [0.25, 0.3) is 0 Å². The standard InChI is InChI=1S/C13H18O6/c14-7-9-10(15)13(18,11(16)12(17)19-9)6-8-4-2-1-3-5-8/h1-5,9-12,14-18H,6-7H2/t9-,10+,11+,12?,13+/m1/s1. The molecule has 1 heterocycles. The maximum absolute atomic E-state index is 10.5. The molecule has 5 N–H and O–H groups in total. The lowest BCUT2D eigenvalue weighted by atomic mass is 9.79. The van der Waals surface area contributed by atoms with Crippen molar-refractivity contribution >= 4 is 0 Å². The first-order valence-electron chi connectivity index (χ1n) is 6.06. The predicted molar refractivity (Wildman–Crippen MR) is 65.1 cm³/mol. The molecule has 0 amide bonds. The second kappa shape index (κ2) is 5.54. The Kier molecular flexibility index (Phi) is 4.19. The third kappa shape index (κ3) is 2.64. The predicted octanol–water partition coefficient (Wildman–Crippen LogP) is -1.61. The van der Waals surface area contributed by atoms with Crippen molar-refractivity contribution in [3.63, 3.8) is 0 Å². The van der Waals surface area contributed by atoms with Gasteiger partial charge in [0.15, 0.2) is 6.29 Å². The van der Waals surface area contributed by atoms with E-state index in [2.05, 4.69) is 0 Å². The molecule has 0 aromatic heterocycles. The molecule has 1 aliphatic heterocycles. The van der Waals surface area contributed by atoms with Gasteiger partial charge in [-0.15, -0.1) is 0 Å². The maximum Gasteiger partial charge on any atom is 0.184 e. The number of ether oxygens (including phenoxy) is 1. The van der Waals surface area contributed by atoms with Crippen LogP contribution in [0.1, 0.15) is 5.56 Å². The topological polar surface area (TPSA) is 110 Å². The molecule has 5 atom stereocenters. The summed E-state index contributed by atoms with van der Waals surface area (Å²) in [5, 5.41) is 49.0. The minimum absolute atomic E-state index is 0.0624. The molecule has 106 valence electrons. The van der Waals surface area contributed by atoms with Crippen molar-refractivity contribution in [1.82, 2.24) is 0 Å². The van der Waals surface area contributed by atoms with Crippen molar-refractivity contribution < 1.29 is 30.3 Å². The SMILES string of the molecule is OC[C@H]1OC(O)[C@H](O)[C@](O)(Cc2ccccc2)[C@H]1O. The quantitative estimate of drug-likeness (QED) is 0.452. The smallest absolute Gasteiger partial charge is 0.184 e. The summed E-state index contributed by atoms with van der Waals surface area (Å²) in [6.07, 6.45) is -6.03. The molecule has 6 nitrogen and oxygen atoms in total. The summed E-state index contributed by atoms with van der Waals surface area (Å²) in [6, 6.07) is 8.78. The molecule has 2 rings (SSSR count). The molecule has 0 saturated carbocycles. The second-order valence-corrected chi connectivity index (χ2v) is 4.79. The minimum Gasteiger partial charge on any atom is -0.394 e. The number of hydrogen-bond acceptors (Lipinski definition) is 6. The highest BCUT2D eigenvalue weighted by molar-refractivity contribution is 5.19. The molecular weight excluding hydrogens is 252 g/mol. The summed E-state index contributed by atoms with van der Waals surface area (Å²) >= 11 is 0. The van der Waals surface area contributed by atoms with E-state index in [1.54, 1.807) is 30.3 Å². The van der Waals surface area contributed by atoms with Gasteiger partial charge in [-0.05, 0) is 5.56 Å². The van der Waals surface area contributed by atoms with Crippen molar-refractivity contribution in [3.8, 4) is 0 Å². The van der Waals surface area contributed by atoms with E-state index in [-0.39, 0.29) is 6.42 Å². The fraction of sp³-hybridized carbons (Fsp3) is 0.538.